The third kappa shape index (κ3) is 3.95. The fraction of sp³-hybridized carbons (Fsp3) is 0.625. The third-order valence-electron chi connectivity index (χ3n) is 4.04. The first kappa shape index (κ1) is 14.4. The lowest BCUT2D eigenvalue weighted by Crippen LogP contribution is -2.53. The Bertz CT molecular complexity index is 374. The minimum absolute atomic E-state index is 0.606. The van der Waals surface area contributed by atoms with Crippen LogP contribution in [0.25, 0.3) is 0 Å². The molecule has 0 amide bonds. The summed E-state index contributed by atoms with van der Waals surface area (Å²) in [5.74, 6) is 0. The summed E-state index contributed by atoms with van der Waals surface area (Å²) in [4.78, 5) is 4.82. The Morgan fingerprint density at radius 2 is 2.05 bits per heavy atom. The SMILES string of the molecule is CCCc1ccc(N(C)CC2CNCCN2C)cc1. The van der Waals surface area contributed by atoms with E-state index in [9.17, 15) is 0 Å². The summed E-state index contributed by atoms with van der Waals surface area (Å²) in [6.07, 6.45) is 2.40. The molecule has 0 bridgehead atoms. The molecule has 1 atom stereocenters. The average molecular weight is 261 g/mol. The second-order valence-electron chi connectivity index (χ2n) is 5.64. The molecule has 106 valence electrons. The maximum absolute atomic E-state index is 3.48. The summed E-state index contributed by atoms with van der Waals surface area (Å²) in [6, 6.07) is 9.63. The predicted molar refractivity (Wildman–Crippen MR) is 83.0 cm³/mol. The van der Waals surface area contributed by atoms with Gasteiger partial charge in [-0.2, -0.15) is 0 Å². The van der Waals surface area contributed by atoms with E-state index >= 15 is 0 Å². The maximum atomic E-state index is 3.48. The molecule has 0 saturated carbocycles. The Morgan fingerprint density at radius 1 is 1.32 bits per heavy atom. The minimum Gasteiger partial charge on any atom is -0.373 e. The topological polar surface area (TPSA) is 18.5 Å². The number of aryl methyl sites for hydroxylation is 1. The summed E-state index contributed by atoms with van der Waals surface area (Å²) in [6.45, 7) is 6.66. The molecule has 19 heavy (non-hydrogen) atoms. The van der Waals surface area contributed by atoms with Crippen LogP contribution in [0.15, 0.2) is 24.3 Å². The van der Waals surface area contributed by atoms with Crippen LogP contribution in [0.4, 0.5) is 5.69 Å². The van der Waals surface area contributed by atoms with Crippen molar-refractivity contribution < 1.29 is 0 Å². The van der Waals surface area contributed by atoms with E-state index < -0.39 is 0 Å². The third-order valence-corrected chi connectivity index (χ3v) is 4.04. The molecule has 1 aromatic rings. The summed E-state index contributed by atoms with van der Waals surface area (Å²) in [5.41, 5.74) is 2.76. The van der Waals surface area contributed by atoms with Crippen LogP contribution in [0, 0.1) is 0 Å². The van der Waals surface area contributed by atoms with Gasteiger partial charge in [-0.15, -0.1) is 0 Å². The van der Waals surface area contributed by atoms with Gasteiger partial charge >= 0.3 is 0 Å². The largest absolute Gasteiger partial charge is 0.373 e. The Hall–Kier alpha value is -1.06. The van der Waals surface area contributed by atoms with Crippen LogP contribution in [-0.2, 0) is 6.42 Å². The molecule has 1 aliphatic rings. The van der Waals surface area contributed by atoms with Gasteiger partial charge in [0.1, 0.15) is 0 Å². The van der Waals surface area contributed by atoms with Crippen molar-refractivity contribution in [3.8, 4) is 0 Å². The highest BCUT2D eigenvalue weighted by atomic mass is 15.2. The van der Waals surface area contributed by atoms with Gasteiger partial charge in [0.25, 0.3) is 0 Å². The van der Waals surface area contributed by atoms with Crippen molar-refractivity contribution >= 4 is 5.69 Å². The van der Waals surface area contributed by atoms with Crippen LogP contribution in [-0.4, -0.2) is 51.2 Å². The van der Waals surface area contributed by atoms with Crippen LogP contribution >= 0.6 is 0 Å². The van der Waals surface area contributed by atoms with Gasteiger partial charge in [0.15, 0.2) is 0 Å². The summed E-state index contributed by atoms with van der Waals surface area (Å²) in [7, 11) is 4.42. The zero-order valence-electron chi connectivity index (χ0n) is 12.5. The zero-order chi connectivity index (χ0) is 13.7. The molecule has 2 rings (SSSR count). The Morgan fingerprint density at radius 3 is 2.68 bits per heavy atom. The maximum Gasteiger partial charge on any atom is 0.0393 e. The number of piperazine rings is 1. The van der Waals surface area contributed by atoms with E-state index in [1.807, 2.05) is 0 Å². The molecule has 1 saturated heterocycles. The van der Waals surface area contributed by atoms with Crippen molar-refractivity contribution in [1.82, 2.24) is 10.2 Å². The molecule has 0 aliphatic carbocycles. The summed E-state index contributed by atoms with van der Waals surface area (Å²) < 4.78 is 0. The van der Waals surface area contributed by atoms with E-state index in [1.54, 1.807) is 0 Å². The predicted octanol–water partition coefficient (Wildman–Crippen LogP) is 1.98. The van der Waals surface area contributed by atoms with Gasteiger partial charge in [0.05, 0.1) is 0 Å². The molecule has 1 unspecified atom stereocenters. The quantitative estimate of drug-likeness (QED) is 0.874. The Labute approximate surface area is 117 Å². The van der Waals surface area contributed by atoms with E-state index in [2.05, 4.69) is 60.4 Å². The number of nitrogens with one attached hydrogen (secondary N) is 1. The second kappa shape index (κ2) is 6.92. The number of anilines is 1. The van der Waals surface area contributed by atoms with Gasteiger partial charge in [-0.25, -0.2) is 0 Å². The molecule has 0 radical (unpaired) electrons. The smallest absolute Gasteiger partial charge is 0.0393 e. The van der Waals surface area contributed by atoms with Crippen molar-refractivity contribution in [2.75, 3.05) is 45.2 Å². The number of likely N-dealkylation sites (N-methyl/N-ethyl adjacent to an activating group) is 2. The number of hydrogen-bond donors (Lipinski definition) is 1. The van der Waals surface area contributed by atoms with E-state index in [0.717, 1.165) is 26.2 Å². The fourth-order valence-electron chi connectivity index (χ4n) is 2.69. The van der Waals surface area contributed by atoms with Crippen LogP contribution in [0.3, 0.4) is 0 Å². The first-order chi connectivity index (χ1) is 9.20. The van der Waals surface area contributed by atoms with Crippen LogP contribution < -0.4 is 10.2 Å². The zero-order valence-corrected chi connectivity index (χ0v) is 12.5. The van der Waals surface area contributed by atoms with E-state index in [0.29, 0.717) is 6.04 Å². The first-order valence-electron chi connectivity index (χ1n) is 7.41. The van der Waals surface area contributed by atoms with Crippen LogP contribution in [0.5, 0.6) is 0 Å². The Kier molecular flexibility index (Phi) is 5.23. The molecule has 1 aliphatic heterocycles. The van der Waals surface area contributed by atoms with Crippen molar-refractivity contribution in [1.29, 1.82) is 0 Å². The lowest BCUT2D eigenvalue weighted by atomic mass is 10.1. The Balaban J connectivity index is 1.93. The van der Waals surface area contributed by atoms with Gasteiger partial charge in [0.2, 0.25) is 0 Å². The molecule has 1 fully saturated rings. The molecular formula is C16H27N3. The highest BCUT2D eigenvalue weighted by molar-refractivity contribution is 5.47. The molecule has 0 spiro atoms. The highest BCUT2D eigenvalue weighted by Crippen LogP contribution is 2.16. The van der Waals surface area contributed by atoms with Gasteiger partial charge in [-0.05, 0) is 31.2 Å². The number of benzene rings is 1. The molecular weight excluding hydrogens is 234 g/mol. The number of hydrogen-bond acceptors (Lipinski definition) is 3. The summed E-state index contributed by atoms with van der Waals surface area (Å²) in [5, 5.41) is 3.48. The van der Waals surface area contributed by atoms with Crippen molar-refractivity contribution in [3.63, 3.8) is 0 Å². The number of rotatable bonds is 5. The van der Waals surface area contributed by atoms with Crippen molar-refractivity contribution in [2.45, 2.75) is 25.8 Å². The highest BCUT2D eigenvalue weighted by Gasteiger charge is 2.19. The summed E-state index contributed by atoms with van der Waals surface area (Å²) >= 11 is 0. The van der Waals surface area contributed by atoms with Gasteiger partial charge < -0.3 is 10.2 Å². The lowest BCUT2D eigenvalue weighted by molar-refractivity contribution is 0.204. The molecule has 3 nitrogen and oxygen atoms in total. The lowest BCUT2D eigenvalue weighted by Gasteiger charge is -2.36. The number of nitrogens with zero attached hydrogens (tertiary/aromatic N) is 2. The molecule has 1 heterocycles. The fourth-order valence-corrected chi connectivity index (χ4v) is 2.69. The van der Waals surface area contributed by atoms with Crippen LogP contribution in [0.1, 0.15) is 18.9 Å². The van der Waals surface area contributed by atoms with E-state index in [1.165, 1.54) is 24.1 Å². The van der Waals surface area contributed by atoms with E-state index in [4.69, 9.17) is 0 Å². The molecule has 1 aromatic carbocycles. The van der Waals surface area contributed by atoms with Gasteiger partial charge in [0, 0.05) is 45.0 Å². The van der Waals surface area contributed by atoms with Crippen molar-refractivity contribution in [3.05, 3.63) is 29.8 Å². The van der Waals surface area contributed by atoms with E-state index in [-0.39, 0.29) is 0 Å². The van der Waals surface area contributed by atoms with Crippen LogP contribution in [0.2, 0.25) is 0 Å². The molecule has 3 heteroatoms. The monoisotopic (exact) mass is 261 g/mol. The first-order valence-corrected chi connectivity index (χ1v) is 7.41. The van der Waals surface area contributed by atoms with Gasteiger partial charge in [-0.3, -0.25) is 4.90 Å². The van der Waals surface area contributed by atoms with Gasteiger partial charge in [-0.1, -0.05) is 25.5 Å². The molecule has 1 N–H and O–H groups in total. The van der Waals surface area contributed by atoms with Crippen molar-refractivity contribution in [2.24, 2.45) is 0 Å². The standard InChI is InChI=1S/C16H27N3/c1-4-5-14-6-8-15(9-7-14)19(3)13-16-12-17-10-11-18(16)2/h6-9,16-17H,4-5,10-13H2,1-3H3. The second-order valence-corrected chi connectivity index (χ2v) is 5.64. The average Bonchev–Trinajstić information content (AvgIpc) is 2.42. The normalized spacial score (nSPS) is 20.5. The minimum atomic E-state index is 0.606. The molecule has 0 aromatic heterocycles.